The van der Waals surface area contributed by atoms with Crippen LogP contribution in [0.4, 0.5) is 0 Å². The van der Waals surface area contributed by atoms with E-state index in [4.69, 9.17) is 10.5 Å². The average Bonchev–Trinajstić information content (AvgIpc) is 2.87. The molecule has 0 saturated heterocycles. The fourth-order valence-corrected chi connectivity index (χ4v) is 1.95. The van der Waals surface area contributed by atoms with Crippen LogP contribution in [0.25, 0.3) is 11.3 Å². The smallest absolute Gasteiger partial charge is 0.123 e. The summed E-state index contributed by atoms with van der Waals surface area (Å²) in [5.41, 5.74) is 8.15. The second kappa shape index (κ2) is 6.09. The summed E-state index contributed by atoms with van der Waals surface area (Å²) in [4.78, 5) is 7.67. The van der Waals surface area contributed by atoms with Gasteiger partial charge in [-0.1, -0.05) is 13.8 Å². The molecular weight excluding hydrogens is 250 g/mol. The van der Waals surface area contributed by atoms with E-state index in [1.807, 2.05) is 44.3 Å². The summed E-state index contributed by atoms with van der Waals surface area (Å²) >= 11 is 0. The second-order valence-electron chi connectivity index (χ2n) is 5.64. The van der Waals surface area contributed by atoms with Crippen molar-refractivity contribution in [2.45, 2.75) is 39.8 Å². The maximum absolute atomic E-state index is 6.09. The molecule has 0 amide bonds. The summed E-state index contributed by atoms with van der Waals surface area (Å²) in [5.74, 6) is 2.07. The van der Waals surface area contributed by atoms with Gasteiger partial charge >= 0.3 is 0 Å². The molecule has 0 spiro atoms. The molecule has 2 aromatic rings. The van der Waals surface area contributed by atoms with Crippen molar-refractivity contribution in [1.29, 1.82) is 0 Å². The molecule has 0 aliphatic heterocycles. The van der Waals surface area contributed by atoms with Gasteiger partial charge in [-0.15, -0.1) is 0 Å². The zero-order chi connectivity index (χ0) is 14.7. The van der Waals surface area contributed by atoms with E-state index in [0.717, 1.165) is 22.8 Å². The van der Waals surface area contributed by atoms with Gasteiger partial charge < -0.3 is 15.5 Å². The highest BCUT2D eigenvalue weighted by atomic mass is 16.5. The summed E-state index contributed by atoms with van der Waals surface area (Å²) in [6, 6.07) is 7.93. The highest BCUT2D eigenvalue weighted by molar-refractivity contribution is 5.59. The first-order valence-corrected chi connectivity index (χ1v) is 7.05. The molecule has 0 saturated carbocycles. The van der Waals surface area contributed by atoms with E-state index >= 15 is 0 Å². The number of hydrogen-bond acceptors (Lipinski definition) is 3. The molecule has 3 N–H and O–H groups in total. The second-order valence-corrected chi connectivity index (χ2v) is 5.64. The van der Waals surface area contributed by atoms with Gasteiger partial charge in [0.05, 0.1) is 24.0 Å². The highest BCUT2D eigenvalue weighted by Gasteiger charge is 2.14. The number of aromatic amines is 1. The molecule has 4 heteroatoms. The minimum atomic E-state index is -0.0627. The molecule has 2 rings (SSSR count). The molecule has 1 aromatic heterocycles. The van der Waals surface area contributed by atoms with Crippen molar-refractivity contribution in [3.05, 3.63) is 36.3 Å². The summed E-state index contributed by atoms with van der Waals surface area (Å²) in [6.07, 6.45) is 2.01. The molecule has 0 radical (unpaired) electrons. The van der Waals surface area contributed by atoms with Crippen LogP contribution in [-0.4, -0.2) is 16.1 Å². The quantitative estimate of drug-likeness (QED) is 0.876. The Kier molecular flexibility index (Phi) is 4.45. The molecule has 4 nitrogen and oxygen atoms in total. The molecule has 0 aliphatic rings. The van der Waals surface area contributed by atoms with Crippen LogP contribution in [0.2, 0.25) is 0 Å². The number of H-pyrrole nitrogens is 1. The molecular formula is C16H23N3O. The van der Waals surface area contributed by atoms with Gasteiger partial charge in [0.2, 0.25) is 0 Å². The molecule has 0 fully saturated rings. The van der Waals surface area contributed by atoms with Crippen molar-refractivity contribution in [2.75, 3.05) is 0 Å². The van der Waals surface area contributed by atoms with Crippen molar-refractivity contribution in [2.24, 2.45) is 11.7 Å². The number of imidazole rings is 1. The van der Waals surface area contributed by atoms with Crippen molar-refractivity contribution >= 4 is 0 Å². The fraction of sp³-hybridized carbons (Fsp3) is 0.438. The number of ether oxygens (including phenoxy) is 1. The summed E-state index contributed by atoms with van der Waals surface area (Å²) in [7, 11) is 0. The topological polar surface area (TPSA) is 63.9 Å². The Hall–Kier alpha value is -1.81. The molecule has 1 unspecified atom stereocenters. The zero-order valence-electron chi connectivity index (χ0n) is 12.6. The number of nitrogens with two attached hydrogens (primary N) is 1. The van der Waals surface area contributed by atoms with Crippen LogP contribution < -0.4 is 10.5 Å². The van der Waals surface area contributed by atoms with Crippen LogP contribution in [0.15, 0.2) is 30.5 Å². The van der Waals surface area contributed by atoms with Gasteiger partial charge in [-0.25, -0.2) is 4.98 Å². The Labute approximate surface area is 120 Å². The normalized spacial score (nSPS) is 12.9. The third-order valence-electron chi connectivity index (χ3n) is 3.17. The van der Waals surface area contributed by atoms with Crippen molar-refractivity contribution in [3.8, 4) is 17.0 Å². The zero-order valence-corrected chi connectivity index (χ0v) is 12.6. The van der Waals surface area contributed by atoms with E-state index < -0.39 is 0 Å². The first-order valence-electron chi connectivity index (χ1n) is 7.05. The van der Waals surface area contributed by atoms with E-state index in [1.54, 1.807) is 0 Å². The Balaban J connectivity index is 2.16. The molecule has 1 aromatic carbocycles. The van der Waals surface area contributed by atoms with Gasteiger partial charge in [0.15, 0.2) is 0 Å². The Morgan fingerprint density at radius 2 is 1.75 bits per heavy atom. The van der Waals surface area contributed by atoms with E-state index in [2.05, 4.69) is 23.8 Å². The fourth-order valence-electron chi connectivity index (χ4n) is 1.95. The van der Waals surface area contributed by atoms with Gasteiger partial charge in [-0.3, -0.25) is 0 Å². The lowest BCUT2D eigenvalue weighted by Crippen LogP contribution is -2.18. The number of hydrogen-bond donors (Lipinski definition) is 2. The van der Waals surface area contributed by atoms with Gasteiger partial charge in [0.25, 0.3) is 0 Å². The first kappa shape index (κ1) is 14.6. The Morgan fingerprint density at radius 1 is 1.10 bits per heavy atom. The minimum Gasteiger partial charge on any atom is -0.491 e. The SMILES string of the molecule is CC(C)Oc1ccc(-c2cnc(C(N)C(C)C)[nH]2)cc1. The number of nitrogens with one attached hydrogen (secondary N) is 1. The van der Waals surface area contributed by atoms with Gasteiger partial charge in [0, 0.05) is 0 Å². The maximum Gasteiger partial charge on any atom is 0.123 e. The third kappa shape index (κ3) is 3.39. The predicted octanol–water partition coefficient (Wildman–Crippen LogP) is 3.52. The van der Waals surface area contributed by atoms with Crippen molar-refractivity contribution in [1.82, 2.24) is 9.97 Å². The molecule has 0 aliphatic carbocycles. The van der Waals surface area contributed by atoms with Crippen LogP contribution in [0, 0.1) is 5.92 Å². The maximum atomic E-state index is 6.09. The minimum absolute atomic E-state index is 0.0627. The van der Waals surface area contributed by atoms with Crippen LogP contribution in [0.5, 0.6) is 5.75 Å². The lowest BCUT2D eigenvalue weighted by atomic mass is 10.1. The standard InChI is InChI=1S/C16H23N3O/c1-10(2)15(17)16-18-9-14(19-16)12-5-7-13(8-6-12)20-11(3)4/h5-11,15H,17H2,1-4H3,(H,18,19). The monoisotopic (exact) mass is 273 g/mol. The molecule has 108 valence electrons. The lowest BCUT2D eigenvalue weighted by Gasteiger charge is -2.12. The van der Waals surface area contributed by atoms with Gasteiger partial charge in [-0.05, 0) is 49.6 Å². The predicted molar refractivity (Wildman–Crippen MR) is 81.6 cm³/mol. The highest BCUT2D eigenvalue weighted by Crippen LogP contribution is 2.24. The molecule has 1 atom stereocenters. The Bertz CT molecular complexity index is 543. The van der Waals surface area contributed by atoms with Crippen LogP contribution in [-0.2, 0) is 0 Å². The van der Waals surface area contributed by atoms with E-state index in [1.165, 1.54) is 0 Å². The van der Waals surface area contributed by atoms with Crippen LogP contribution >= 0.6 is 0 Å². The molecule has 0 bridgehead atoms. The largest absolute Gasteiger partial charge is 0.491 e. The van der Waals surface area contributed by atoms with Gasteiger partial charge in [0.1, 0.15) is 11.6 Å². The van der Waals surface area contributed by atoms with E-state index in [-0.39, 0.29) is 12.1 Å². The van der Waals surface area contributed by atoms with Crippen molar-refractivity contribution < 1.29 is 4.74 Å². The van der Waals surface area contributed by atoms with E-state index in [9.17, 15) is 0 Å². The number of benzene rings is 1. The first-order chi connectivity index (χ1) is 9.47. The number of aromatic nitrogens is 2. The lowest BCUT2D eigenvalue weighted by molar-refractivity contribution is 0.242. The number of rotatable bonds is 5. The van der Waals surface area contributed by atoms with Crippen LogP contribution in [0.3, 0.4) is 0 Å². The third-order valence-corrected chi connectivity index (χ3v) is 3.17. The average molecular weight is 273 g/mol. The van der Waals surface area contributed by atoms with Crippen LogP contribution in [0.1, 0.15) is 39.6 Å². The molecule has 20 heavy (non-hydrogen) atoms. The summed E-state index contributed by atoms with van der Waals surface area (Å²) in [5, 5.41) is 0. The van der Waals surface area contributed by atoms with Crippen molar-refractivity contribution in [3.63, 3.8) is 0 Å². The van der Waals surface area contributed by atoms with Gasteiger partial charge in [-0.2, -0.15) is 0 Å². The van der Waals surface area contributed by atoms with E-state index in [0.29, 0.717) is 5.92 Å². The summed E-state index contributed by atoms with van der Waals surface area (Å²) < 4.78 is 5.63. The summed E-state index contributed by atoms with van der Waals surface area (Å²) in [6.45, 7) is 8.21. The Morgan fingerprint density at radius 3 is 2.30 bits per heavy atom. The number of nitrogens with zero attached hydrogens (tertiary/aromatic N) is 1. The molecule has 1 heterocycles.